The van der Waals surface area contributed by atoms with Crippen molar-refractivity contribution in [3.05, 3.63) is 0 Å². The minimum Gasteiger partial charge on any atom is -0.462 e. The van der Waals surface area contributed by atoms with Gasteiger partial charge in [0, 0.05) is 6.42 Å². The lowest BCUT2D eigenvalue weighted by Gasteiger charge is -2.20. The molecule has 2 rings (SSSR count). The van der Waals surface area contributed by atoms with Gasteiger partial charge in [-0.1, -0.05) is 0 Å². The summed E-state index contributed by atoms with van der Waals surface area (Å²) in [6.45, 7) is 1.88. The van der Waals surface area contributed by atoms with Crippen molar-refractivity contribution in [3.63, 3.8) is 0 Å². The van der Waals surface area contributed by atoms with Crippen LogP contribution < -0.4 is 0 Å². The van der Waals surface area contributed by atoms with Crippen molar-refractivity contribution >= 4 is 29.2 Å². The van der Waals surface area contributed by atoms with Gasteiger partial charge in [0.25, 0.3) is 0 Å². The van der Waals surface area contributed by atoms with Gasteiger partial charge in [-0.3, -0.25) is 9.59 Å². The molecule has 2 saturated heterocycles. The van der Waals surface area contributed by atoms with Gasteiger partial charge in [-0.05, 0) is 19.1 Å². The van der Waals surface area contributed by atoms with Crippen LogP contribution >= 0.6 is 12.2 Å². The highest BCUT2D eigenvalue weighted by Crippen LogP contribution is 2.10. The molecular weight excluding hydrogens is 192 g/mol. The van der Waals surface area contributed by atoms with Gasteiger partial charge in [-0.25, -0.2) is 0 Å². The first kappa shape index (κ1) is 10.1. The van der Waals surface area contributed by atoms with E-state index in [4.69, 9.17) is 0 Å². The fourth-order valence-electron chi connectivity index (χ4n) is 0.883. The van der Waals surface area contributed by atoms with Crippen LogP contribution in [-0.4, -0.2) is 23.1 Å². The second kappa shape index (κ2) is 4.32. The zero-order valence-electron chi connectivity index (χ0n) is 7.24. The first-order chi connectivity index (χ1) is 6.08. The lowest BCUT2D eigenvalue weighted by Crippen LogP contribution is -2.29. The molecule has 0 saturated carbocycles. The standard InChI is InChI=1S/C4H4O2S.C4H6O2/c5-3-1-2-4(7)6-3;1-3-2-4(5)6-3/h1-2H2;3H,2H2,1H3. The molecule has 1 unspecified atom stereocenters. The SMILES string of the molecule is CC1CC(=O)O1.O=C1CCC(=S)O1. The maximum Gasteiger partial charge on any atom is 0.312 e. The van der Waals surface area contributed by atoms with Gasteiger partial charge in [-0.15, -0.1) is 0 Å². The van der Waals surface area contributed by atoms with Crippen molar-refractivity contribution in [1.29, 1.82) is 0 Å². The van der Waals surface area contributed by atoms with Crippen LogP contribution in [0.4, 0.5) is 0 Å². The van der Waals surface area contributed by atoms with Crippen molar-refractivity contribution in [2.45, 2.75) is 32.3 Å². The van der Waals surface area contributed by atoms with Crippen LogP contribution in [-0.2, 0) is 19.1 Å². The lowest BCUT2D eigenvalue weighted by molar-refractivity contribution is -0.167. The molecule has 0 bridgehead atoms. The van der Waals surface area contributed by atoms with Crippen LogP contribution in [0.5, 0.6) is 0 Å². The average molecular weight is 202 g/mol. The van der Waals surface area contributed by atoms with Crippen LogP contribution in [0.3, 0.4) is 0 Å². The Kier molecular flexibility index (Phi) is 3.36. The fraction of sp³-hybridized carbons (Fsp3) is 0.625. The maximum absolute atomic E-state index is 10.1. The summed E-state index contributed by atoms with van der Waals surface area (Å²) in [5.74, 6) is -0.257. The van der Waals surface area contributed by atoms with Gasteiger partial charge in [0.05, 0.1) is 12.8 Å². The number of thiocarbonyl (C=S) groups is 1. The van der Waals surface area contributed by atoms with Gasteiger partial charge in [0.2, 0.25) is 0 Å². The predicted molar refractivity (Wildman–Crippen MR) is 48.1 cm³/mol. The van der Waals surface area contributed by atoms with Crippen molar-refractivity contribution in [3.8, 4) is 0 Å². The minimum absolute atomic E-state index is 0.0671. The van der Waals surface area contributed by atoms with Crippen LogP contribution in [0.2, 0.25) is 0 Å². The highest BCUT2D eigenvalue weighted by molar-refractivity contribution is 7.80. The highest BCUT2D eigenvalue weighted by atomic mass is 32.1. The molecule has 0 amide bonds. The van der Waals surface area contributed by atoms with E-state index in [1.807, 2.05) is 6.92 Å². The van der Waals surface area contributed by atoms with Crippen molar-refractivity contribution < 1.29 is 19.1 Å². The molecular formula is C8H10O4S. The molecule has 2 aliphatic heterocycles. The van der Waals surface area contributed by atoms with E-state index in [9.17, 15) is 9.59 Å². The van der Waals surface area contributed by atoms with Crippen molar-refractivity contribution in [2.24, 2.45) is 0 Å². The van der Waals surface area contributed by atoms with E-state index in [1.165, 1.54) is 0 Å². The number of hydrogen-bond acceptors (Lipinski definition) is 5. The zero-order chi connectivity index (χ0) is 9.84. The Labute approximate surface area is 81.2 Å². The summed E-state index contributed by atoms with van der Waals surface area (Å²) < 4.78 is 8.95. The first-order valence-corrected chi connectivity index (χ1v) is 4.41. The van der Waals surface area contributed by atoms with Crippen LogP contribution in [0.25, 0.3) is 0 Å². The van der Waals surface area contributed by atoms with Gasteiger partial charge in [-0.2, -0.15) is 0 Å². The van der Waals surface area contributed by atoms with Gasteiger partial charge in [0.1, 0.15) is 6.10 Å². The minimum atomic E-state index is -0.190. The molecule has 13 heavy (non-hydrogen) atoms. The number of rotatable bonds is 0. The third-order valence-corrected chi connectivity index (χ3v) is 1.84. The molecule has 4 nitrogen and oxygen atoms in total. The molecule has 1 atom stereocenters. The normalized spacial score (nSPS) is 25.3. The van der Waals surface area contributed by atoms with Gasteiger partial charge >= 0.3 is 11.9 Å². The van der Waals surface area contributed by atoms with E-state index in [0.29, 0.717) is 24.3 Å². The topological polar surface area (TPSA) is 52.6 Å². The third kappa shape index (κ3) is 3.50. The highest BCUT2D eigenvalue weighted by Gasteiger charge is 2.22. The summed E-state index contributed by atoms with van der Waals surface area (Å²) >= 11 is 4.55. The largest absolute Gasteiger partial charge is 0.462 e. The average Bonchev–Trinajstić information content (AvgIpc) is 2.33. The van der Waals surface area contributed by atoms with E-state index < -0.39 is 0 Å². The molecule has 0 spiro atoms. The number of cyclic esters (lactones) is 2. The number of carbonyl (C=O) groups excluding carboxylic acids is 2. The number of ether oxygens (including phenoxy) is 2. The van der Waals surface area contributed by atoms with Crippen LogP contribution in [0, 0.1) is 0 Å². The van der Waals surface area contributed by atoms with Crippen LogP contribution in [0.1, 0.15) is 26.2 Å². The Morgan fingerprint density at radius 3 is 2.00 bits per heavy atom. The summed E-state index contributed by atoms with van der Waals surface area (Å²) in [5.41, 5.74) is 0. The fourth-order valence-corrected chi connectivity index (χ4v) is 1.08. The molecule has 5 heteroatoms. The van der Waals surface area contributed by atoms with E-state index in [-0.39, 0.29) is 18.0 Å². The Morgan fingerprint density at radius 2 is 1.92 bits per heavy atom. The summed E-state index contributed by atoms with van der Waals surface area (Å²) in [6, 6.07) is 0. The van der Waals surface area contributed by atoms with E-state index in [2.05, 4.69) is 21.7 Å². The molecule has 2 fully saturated rings. The maximum atomic E-state index is 10.1. The molecule has 0 aromatic heterocycles. The molecule has 72 valence electrons. The van der Waals surface area contributed by atoms with Crippen LogP contribution in [0.15, 0.2) is 0 Å². The zero-order valence-corrected chi connectivity index (χ0v) is 8.06. The number of carbonyl (C=O) groups is 2. The molecule has 2 aliphatic rings. The van der Waals surface area contributed by atoms with E-state index in [1.54, 1.807) is 0 Å². The Morgan fingerprint density at radius 1 is 1.31 bits per heavy atom. The number of esters is 2. The van der Waals surface area contributed by atoms with Gasteiger partial charge < -0.3 is 9.47 Å². The van der Waals surface area contributed by atoms with E-state index >= 15 is 0 Å². The molecule has 2 heterocycles. The molecule has 0 radical (unpaired) electrons. The Bertz CT molecular complexity index is 227. The Hall–Kier alpha value is -0.970. The predicted octanol–water partition coefficient (Wildman–Crippen LogP) is 0.973. The molecule has 0 N–H and O–H groups in total. The van der Waals surface area contributed by atoms with Gasteiger partial charge in [0.15, 0.2) is 5.05 Å². The molecule has 0 aromatic rings. The number of hydrogen-bond donors (Lipinski definition) is 0. The first-order valence-electron chi connectivity index (χ1n) is 4.01. The smallest absolute Gasteiger partial charge is 0.312 e. The second-order valence-electron chi connectivity index (χ2n) is 2.85. The van der Waals surface area contributed by atoms with E-state index in [0.717, 1.165) is 0 Å². The summed E-state index contributed by atoms with van der Waals surface area (Å²) in [4.78, 5) is 20.0. The molecule has 0 aromatic carbocycles. The van der Waals surface area contributed by atoms with Crippen molar-refractivity contribution in [2.75, 3.05) is 0 Å². The summed E-state index contributed by atoms with van der Waals surface area (Å²) in [5, 5.41) is 0.435. The monoisotopic (exact) mass is 202 g/mol. The lowest BCUT2D eigenvalue weighted by atomic mass is 10.2. The second-order valence-corrected chi connectivity index (χ2v) is 3.31. The summed E-state index contributed by atoms with van der Waals surface area (Å²) in [6.07, 6.45) is 1.91. The van der Waals surface area contributed by atoms with Crippen molar-refractivity contribution in [1.82, 2.24) is 0 Å². The third-order valence-electron chi connectivity index (χ3n) is 1.55. The molecule has 0 aliphatic carbocycles. The Balaban J connectivity index is 0.000000132. The summed E-state index contributed by atoms with van der Waals surface area (Å²) in [7, 11) is 0. The quantitative estimate of drug-likeness (QED) is 0.433.